The fourth-order valence-electron chi connectivity index (χ4n) is 3.07. The number of sulfonamides is 1. The van der Waals surface area contributed by atoms with Gasteiger partial charge in [-0.1, -0.05) is 36.0 Å². The van der Waals surface area contributed by atoms with Crippen LogP contribution in [0.1, 0.15) is 5.56 Å². The highest BCUT2D eigenvalue weighted by molar-refractivity contribution is 7.99. The van der Waals surface area contributed by atoms with Crippen LogP contribution in [0, 0.1) is 0 Å². The number of aromatic nitrogens is 1. The average Bonchev–Trinajstić information content (AvgIpc) is 2.80. The largest absolute Gasteiger partial charge is 0.457 e. The third kappa shape index (κ3) is 5.90. The van der Waals surface area contributed by atoms with Crippen molar-refractivity contribution >= 4 is 27.5 Å². The SMILES string of the molecule is CS(=O)(=O)N(Cc1cccnc1)c1ccc(Oc2ccc(Sc3ccccc3)cc2)cc1. The molecule has 0 saturated carbocycles. The van der Waals surface area contributed by atoms with Crippen molar-refractivity contribution in [2.75, 3.05) is 10.6 Å². The van der Waals surface area contributed by atoms with E-state index in [9.17, 15) is 8.42 Å². The number of nitrogens with zero attached hydrogens (tertiary/aromatic N) is 2. The van der Waals surface area contributed by atoms with Gasteiger partial charge in [-0.05, 0) is 72.3 Å². The van der Waals surface area contributed by atoms with Gasteiger partial charge in [0.1, 0.15) is 11.5 Å². The Labute approximate surface area is 192 Å². The molecule has 0 bridgehead atoms. The number of rotatable bonds is 8. The van der Waals surface area contributed by atoms with Gasteiger partial charge in [0.05, 0.1) is 18.5 Å². The minimum atomic E-state index is -3.46. The van der Waals surface area contributed by atoms with Crippen molar-refractivity contribution in [3.05, 3.63) is 109 Å². The average molecular weight is 463 g/mol. The van der Waals surface area contributed by atoms with Crippen molar-refractivity contribution in [3.8, 4) is 11.5 Å². The lowest BCUT2D eigenvalue weighted by molar-refractivity contribution is 0.482. The Morgan fingerprint density at radius 2 is 1.44 bits per heavy atom. The number of benzene rings is 3. The van der Waals surface area contributed by atoms with Crippen molar-refractivity contribution in [1.29, 1.82) is 0 Å². The third-order valence-electron chi connectivity index (χ3n) is 4.61. The summed E-state index contributed by atoms with van der Waals surface area (Å²) in [6.07, 6.45) is 4.52. The van der Waals surface area contributed by atoms with Gasteiger partial charge in [0.25, 0.3) is 0 Å². The van der Waals surface area contributed by atoms with Crippen LogP contribution < -0.4 is 9.04 Å². The molecule has 0 N–H and O–H groups in total. The van der Waals surface area contributed by atoms with Gasteiger partial charge in [-0.15, -0.1) is 0 Å². The van der Waals surface area contributed by atoms with Crippen molar-refractivity contribution in [1.82, 2.24) is 4.98 Å². The minimum absolute atomic E-state index is 0.216. The van der Waals surface area contributed by atoms with Gasteiger partial charge in [-0.2, -0.15) is 0 Å². The molecule has 7 heteroatoms. The zero-order valence-corrected chi connectivity index (χ0v) is 19.1. The maximum absolute atomic E-state index is 12.3. The Hall–Kier alpha value is -3.29. The summed E-state index contributed by atoms with van der Waals surface area (Å²) in [5.41, 5.74) is 1.38. The Balaban J connectivity index is 1.44. The lowest BCUT2D eigenvalue weighted by atomic mass is 10.2. The Morgan fingerprint density at radius 1 is 0.812 bits per heavy atom. The van der Waals surface area contributed by atoms with Crippen molar-refractivity contribution in [2.24, 2.45) is 0 Å². The first kappa shape index (κ1) is 21.9. The van der Waals surface area contributed by atoms with Gasteiger partial charge in [0.15, 0.2) is 0 Å². The Kier molecular flexibility index (Phi) is 6.78. The molecule has 5 nitrogen and oxygen atoms in total. The summed E-state index contributed by atoms with van der Waals surface area (Å²) in [6.45, 7) is 0.216. The third-order valence-corrected chi connectivity index (χ3v) is 6.77. The van der Waals surface area contributed by atoms with Gasteiger partial charge in [-0.25, -0.2) is 8.42 Å². The van der Waals surface area contributed by atoms with E-state index in [0.29, 0.717) is 17.2 Å². The van der Waals surface area contributed by atoms with E-state index in [4.69, 9.17) is 4.74 Å². The van der Waals surface area contributed by atoms with Gasteiger partial charge >= 0.3 is 0 Å². The van der Waals surface area contributed by atoms with Crippen LogP contribution in [0.4, 0.5) is 5.69 Å². The lowest BCUT2D eigenvalue weighted by Crippen LogP contribution is -2.29. The molecule has 162 valence electrons. The summed E-state index contributed by atoms with van der Waals surface area (Å²) in [7, 11) is -3.46. The van der Waals surface area contributed by atoms with Crippen LogP contribution in [0.3, 0.4) is 0 Å². The maximum atomic E-state index is 12.3. The van der Waals surface area contributed by atoms with E-state index in [1.165, 1.54) is 15.5 Å². The topological polar surface area (TPSA) is 59.5 Å². The standard InChI is InChI=1S/C25H22N2O3S2/c1-32(28,29)27(19-20-6-5-17-26-18-20)21-9-11-22(12-10-21)30-23-13-15-25(16-14-23)31-24-7-3-2-4-8-24/h2-18H,19H2,1H3. The Bertz CT molecular complexity index is 1250. The highest BCUT2D eigenvalue weighted by Crippen LogP contribution is 2.31. The van der Waals surface area contributed by atoms with E-state index in [-0.39, 0.29) is 6.54 Å². The molecule has 0 amide bonds. The Morgan fingerprint density at radius 3 is 2.03 bits per heavy atom. The number of anilines is 1. The molecule has 4 aromatic rings. The molecule has 0 aliphatic carbocycles. The van der Waals surface area contributed by atoms with Crippen molar-refractivity contribution in [3.63, 3.8) is 0 Å². The first-order valence-electron chi connectivity index (χ1n) is 9.95. The van der Waals surface area contributed by atoms with Crippen LogP contribution in [-0.2, 0) is 16.6 Å². The van der Waals surface area contributed by atoms with Gasteiger partial charge < -0.3 is 4.74 Å². The molecule has 1 aromatic heterocycles. The lowest BCUT2D eigenvalue weighted by Gasteiger charge is -2.22. The van der Waals surface area contributed by atoms with Crippen molar-refractivity contribution in [2.45, 2.75) is 16.3 Å². The molecule has 0 atom stereocenters. The molecule has 1 heterocycles. The summed E-state index contributed by atoms with van der Waals surface area (Å²) in [5.74, 6) is 1.34. The predicted molar refractivity (Wildman–Crippen MR) is 129 cm³/mol. The molecular formula is C25H22N2O3S2. The summed E-state index contributed by atoms with van der Waals surface area (Å²) in [4.78, 5) is 6.36. The number of hydrogen-bond donors (Lipinski definition) is 0. The van der Waals surface area contributed by atoms with E-state index in [0.717, 1.165) is 10.5 Å². The van der Waals surface area contributed by atoms with Crippen LogP contribution in [0.2, 0.25) is 0 Å². The molecule has 32 heavy (non-hydrogen) atoms. The van der Waals surface area contributed by atoms with E-state index >= 15 is 0 Å². The van der Waals surface area contributed by atoms with Crippen molar-refractivity contribution < 1.29 is 13.2 Å². The quantitative estimate of drug-likeness (QED) is 0.322. The summed E-state index contributed by atoms with van der Waals surface area (Å²) >= 11 is 1.69. The summed E-state index contributed by atoms with van der Waals surface area (Å²) in [6, 6.07) is 28.7. The first-order valence-corrected chi connectivity index (χ1v) is 12.6. The molecule has 3 aromatic carbocycles. The van der Waals surface area contributed by atoms with Gasteiger partial charge in [-0.3, -0.25) is 9.29 Å². The second kappa shape index (κ2) is 9.89. The van der Waals surface area contributed by atoms with Gasteiger partial charge in [0.2, 0.25) is 10.0 Å². The molecule has 0 saturated heterocycles. The second-order valence-corrected chi connectivity index (χ2v) is 10.2. The van der Waals surface area contributed by atoms with Crippen LogP contribution >= 0.6 is 11.8 Å². The first-order chi connectivity index (χ1) is 15.5. The fraction of sp³-hybridized carbons (Fsp3) is 0.0800. The fourth-order valence-corrected chi connectivity index (χ4v) is 4.80. The van der Waals surface area contributed by atoms with Crippen LogP contribution in [0.5, 0.6) is 11.5 Å². The maximum Gasteiger partial charge on any atom is 0.232 e. The molecular weight excluding hydrogens is 440 g/mol. The molecule has 0 aliphatic heterocycles. The summed E-state index contributed by atoms with van der Waals surface area (Å²) < 4.78 is 32.0. The van der Waals surface area contributed by atoms with Crippen LogP contribution in [-0.4, -0.2) is 19.7 Å². The highest BCUT2D eigenvalue weighted by Gasteiger charge is 2.18. The molecule has 0 spiro atoms. The van der Waals surface area contributed by atoms with E-state index in [1.807, 2.05) is 48.5 Å². The molecule has 4 rings (SSSR count). The zero-order chi connectivity index (χ0) is 22.4. The zero-order valence-electron chi connectivity index (χ0n) is 17.5. The second-order valence-electron chi connectivity index (χ2n) is 7.11. The predicted octanol–water partition coefficient (Wildman–Crippen LogP) is 5.99. The molecule has 0 radical (unpaired) electrons. The molecule has 0 aliphatic rings. The van der Waals surface area contributed by atoms with Gasteiger partial charge in [0, 0.05) is 22.2 Å². The number of hydrogen-bond acceptors (Lipinski definition) is 5. The van der Waals surface area contributed by atoms with Crippen LogP contribution in [0.25, 0.3) is 0 Å². The highest BCUT2D eigenvalue weighted by atomic mass is 32.2. The van der Waals surface area contributed by atoms with E-state index in [2.05, 4.69) is 17.1 Å². The smallest absolute Gasteiger partial charge is 0.232 e. The number of ether oxygens (including phenoxy) is 1. The van der Waals surface area contributed by atoms with E-state index < -0.39 is 10.0 Å². The summed E-state index contributed by atoms with van der Waals surface area (Å²) in [5, 5.41) is 0. The normalized spacial score (nSPS) is 11.2. The van der Waals surface area contributed by atoms with Crippen LogP contribution in [0.15, 0.2) is 113 Å². The minimum Gasteiger partial charge on any atom is -0.457 e. The number of pyridine rings is 1. The van der Waals surface area contributed by atoms with E-state index in [1.54, 1.807) is 54.5 Å². The molecule has 0 unspecified atom stereocenters. The monoisotopic (exact) mass is 462 g/mol. The molecule has 0 fully saturated rings.